The van der Waals surface area contributed by atoms with Crippen molar-refractivity contribution < 1.29 is 13.9 Å². The van der Waals surface area contributed by atoms with Crippen LogP contribution in [-0.2, 0) is 4.74 Å². The first-order valence-corrected chi connectivity index (χ1v) is 10.2. The maximum Gasteiger partial charge on any atom is 0.407 e. The number of nitriles is 1. The average molecular weight is 426 g/mol. The zero-order valence-electron chi connectivity index (χ0n) is 18.2. The second-order valence-corrected chi connectivity index (χ2v) is 8.42. The number of alkyl carbamates (subject to hydrolysis) is 1. The number of anilines is 2. The summed E-state index contributed by atoms with van der Waals surface area (Å²) < 4.78 is 19.5. The lowest BCUT2D eigenvalue weighted by atomic mass is 10.1. The molecule has 1 aromatic heterocycles. The number of nitrogens with one attached hydrogen (secondary N) is 2. The first kappa shape index (κ1) is 22.3. The van der Waals surface area contributed by atoms with Crippen LogP contribution in [0, 0.1) is 17.1 Å². The molecule has 1 fully saturated rings. The molecule has 2 aromatic rings. The Morgan fingerprint density at radius 2 is 2.10 bits per heavy atom. The molecule has 0 saturated carbocycles. The van der Waals surface area contributed by atoms with Gasteiger partial charge in [-0.3, -0.25) is 0 Å². The normalized spacial score (nSPS) is 16.4. The Hall–Kier alpha value is -3.41. The van der Waals surface area contributed by atoms with Gasteiger partial charge in [-0.05, 0) is 45.7 Å². The predicted octanol–water partition coefficient (Wildman–Crippen LogP) is 3.69. The number of aromatic nitrogens is 2. The predicted molar refractivity (Wildman–Crippen MR) is 116 cm³/mol. The second kappa shape index (κ2) is 9.16. The van der Waals surface area contributed by atoms with Crippen molar-refractivity contribution >= 4 is 17.9 Å². The van der Waals surface area contributed by atoms with Gasteiger partial charge in [-0.1, -0.05) is 6.07 Å². The number of piperidine rings is 1. The lowest BCUT2D eigenvalue weighted by Gasteiger charge is -2.34. The molecule has 1 saturated heterocycles. The number of amides is 1. The Balaban J connectivity index is 1.82. The van der Waals surface area contributed by atoms with Crippen molar-refractivity contribution in [3.8, 4) is 17.3 Å². The number of carbonyl (C=O) groups excluding carboxylic acids is 1. The molecule has 0 bridgehead atoms. The number of nitrogens with zero attached hydrogens (tertiary/aromatic N) is 4. The van der Waals surface area contributed by atoms with E-state index in [0.717, 1.165) is 19.4 Å². The molecule has 2 N–H and O–H groups in total. The van der Waals surface area contributed by atoms with Crippen LogP contribution >= 0.6 is 0 Å². The summed E-state index contributed by atoms with van der Waals surface area (Å²) in [5.74, 6) is 0.486. The molecule has 1 aliphatic heterocycles. The molecular formula is C22H27FN6O2. The molecule has 0 spiro atoms. The minimum absolute atomic E-state index is 0.0149. The van der Waals surface area contributed by atoms with Crippen molar-refractivity contribution in [2.24, 2.45) is 0 Å². The molecule has 8 nitrogen and oxygen atoms in total. The monoisotopic (exact) mass is 426 g/mol. The summed E-state index contributed by atoms with van der Waals surface area (Å²) in [5.41, 5.74) is 0.522. The average Bonchev–Trinajstić information content (AvgIpc) is 2.72. The molecule has 0 unspecified atom stereocenters. The van der Waals surface area contributed by atoms with E-state index in [0.29, 0.717) is 29.6 Å². The van der Waals surface area contributed by atoms with Crippen molar-refractivity contribution in [2.75, 3.05) is 30.4 Å². The first-order valence-electron chi connectivity index (χ1n) is 10.2. The maximum atomic E-state index is 14.1. The number of halogens is 1. The summed E-state index contributed by atoms with van der Waals surface area (Å²) in [6.07, 6.45) is 1.28. The fourth-order valence-corrected chi connectivity index (χ4v) is 3.40. The fourth-order valence-electron chi connectivity index (χ4n) is 3.40. The van der Waals surface area contributed by atoms with Gasteiger partial charge in [0.05, 0.1) is 11.3 Å². The Labute approximate surface area is 181 Å². The van der Waals surface area contributed by atoms with Crippen LogP contribution in [0.5, 0.6) is 0 Å². The summed E-state index contributed by atoms with van der Waals surface area (Å²) in [6.45, 7) is 6.82. The van der Waals surface area contributed by atoms with Gasteiger partial charge in [-0.2, -0.15) is 10.2 Å². The van der Waals surface area contributed by atoms with Crippen LogP contribution in [0.25, 0.3) is 11.3 Å². The van der Waals surface area contributed by atoms with Gasteiger partial charge >= 0.3 is 6.09 Å². The summed E-state index contributed by atoms with van der Waals surface area (Å²) >= 11 is 0. The molecule has 164 valence electrons. The van der Waals surface area contributed by atoms with Crippen LogP contribution < -0.4 is 15.5 Å². The lowest BCUT2D eigenvalue weighted by molar-refractivity contribution is 0.0500. The maximum absolute atomic E-state index is 14.1. The minimum atomic E-state index is -0.592. The van der Waals surface area contributed by atoms with Crippen molar-refractivity contribution in [1.29, 1.82) is 5.26 Å². The number of ether oxygens (including phenoxy) is 1. The molecule has 0 aliphatic carbocycles. The highest BCUT2D eigenvalue weighted by Gasteiger charge is 2.25. The molecule has 1 aromatic carbocycles. The Morgan fingerprint density at radius 1 is 1.32 bits per heavy atom. The van der Waals surface area contributed by atoms with Gasteiger partial charge in [0.25, 0.3) is 0 Å². The number of carbonyl (C=O) groups is 1. The largest absolute Gasteiger partial charge is 0.444 e. The van der Waals surface area contributed by atoms with Crippen LogP contribution in [0.4, 0.5) is 21.0 Å². The molecule has 2 heterocycles. The Bertz CT molecular complexity index is 998. The van der Waals surface area contributed by atoms with E-state index in [1.807, 2.05) is 26.8 Å². The van der Waals surface area contributed by atoms with Crippen LogP contribution in [0.2, 0.25) is 0 Å². The smallest absolute Gasteiger partial charge is 0.407 e. The van der Waals surface area contributed by atoms with Crippen molar-refractivity contribution in [3.05, 3.63) is 35.6 Å². The van der Waals surface area contributed by atoms with Gasteiger partial charge in [-0.15, -0.1) is 0 Å². The fraction of sp³-hybridized carbons (Fsp3) is 0.455. The highest BCUT2D eigenvalue weighted by atomic mass is 19.1. The number of benzene rings is 1. The molecule has 9 heteroatoms. The Kier molecular flexibility index (Phi) is 6.59. The topological polar surface area (TPSA) is 103 Å². The third-order valence-electron chi connectivity index (χ3n) is 4.79. The number of hydrogen-bond donors (Lipinski definition) is 2. The van der Waals surface area contributed by atoms with Crippen LogP contribution in [0.15, 0.2) is 24.3 Å². The van der Waals surface area contributed by atoms with Gasteiger partial charge in [0.1, 0.15) is 23.3 Å². The third-order valence-corrected chi connectivity index (χ3v) is 4.79. The standard InChI is InChI=1S/C22H27FN6O2/c1-22(2,3)31-21(30)26-16-6-5-9-29(13-16)19-11-18(27-20(25-4)28-19)14-7-8-15(12-24)17(23)10-14/h7-8,10-11,16H,5-6,9,13H2,1-4H3,(H,26,30)(H,25,27,28)/t16-/m1/s1. The minimum Gasteiger partial charge on any atom is -0.444 e. The SMILES string of the molecule is CNc1nc(-c2ccc(C#N)c(F)c2)cc(N2CCC[C@@H](NC(=O)OC(C)(C)C)C2)n1. The van der Waals surface area contributed by atoms with E-state index in [9.17, 15) is 9.18 Å². The molecule has 1 atom stereocenters. The van der Waals surface area contributed by atoms with Crippen molar-refractivity contribution in [1.82, 2.24) is 15.3 Å². The molecule has 3 rings (SSSR count). The second-order valence-electron chi connectivity index (χ2n) is 8.42. The summed E-state index contributed by atoms with van der Waals surface area (Å²) in [4.78, 5) is 23.2. The molecule has 0 radical (unpaired) electrons. The quantitative estimate of drug-likeness (QED) is 0.768. The number of rotatable bonds is 4. The molecule has 1 aliphatic rings. The molecular weight excluding hydrogens is 399 g/mol. The highest BCUT2D eigenvalue weighted by molar-refractivity contribution is 5.69. The van der Waals surface area contributed by atoms with E-state index in [2.05, 4.69) is 25.5 Å². The zero-order chi connectivity index (χ0) is 22.6. The Morgan fingerprint density at radius 3 is 2.74 bits per heavy atom. The van der Waals surface area contributed by atoms with E-state index in [1.54, 1.807) is 19.2 Å². The van der Waals surface area contributed by atoms with Crippen molar-refractivity contribution in [3.63, 3.8) is 0 Å². The number of hydrogen-bond acceptors (Lipinski definition) is 7. The van der Waals surface area contributed by atoms with Gasteiger partial charge in [0.2, 0.25) is 5.95 Å². The molecule has 1 amide bonds. The van der Waals surface area contributed by atoms with Crippen LogP contribution in [-0.4, -0.2) is 47.8 Å². The van der Waals surface area contributed by atoms with E-state index in [4.69, 9.17) is 10.00 Å². The van der Waals surface area contributed by atoms with Gasteiger partial charge in [0, 0.05) is 37.8 Å². The van der Waals surface area contributed by atoms with E-state index < -0.39 is 17.5 Å². The van der Waals surface area contributed by atoms with E-state index >= 15 is 0 Å². The van der Waals surface area contributed by atoms with Crippen LogP contribution in [0.1, 0.15) is 39.2 Å². The van der Waals surface area contributed by atoms with E-state index in [-0.39, 0.29) is 11.6 Å². The summed E-state index contributed by atoms with van der Waals surface area (Å²) in [6, 6.07) is 7.93. The third kappa shape index (κ3) is 5.81. The van der Waals surface area contributed by atoms with Gasteiger partial charge in [-0.25, -0.2) is 14.2 Å². The van der Waals surface area contributed by atoms with Gasteiger partial charge < -0.3 is 20.3 Å². The van der Waals surface area contributed by atoms with Gasteiger partial charge in [0.15, 0.2) is 0 Å². The molecule has 31 heavy (non-hydrogen) atoms. The van der Waals surface area contributed by atoms with E-state index in [1.165, 1.54) is 12.1 Å². The zero-order valence-corrected chi connectivity index (χ0v) is 18.2. The highest BCUT2D eigenvalue weighted by Crippen LogP contribution is 2.27. The summed E-state index contributed by atoms with van der Waals surface area (Å²) in [5, 5.41) is 14.8. The summed E-state index contributed by atoms with van der Waals surface area (Å²) in [7, 11) is 1.71. The van der Waals surface area contributed by atoms with Crippen molar-refractivity contribution in [2.45, 2.75) is 45.3 Å². The first-order chi connectivity index (χ1) is 14.7. The lowest BCUT2D eigenvalue weighted by Crippen LogP contribution is -2.49. The van der Waals surface area contributed by atoms with Crippen LogP contribution in [0.3, 0.4) is 0 Å².